The van der Waals surface area contributed by atoms with Crippen LogP contribution in [0, 0.1) is 13.8 Å². The maximum Gasteiger partial charge on any atom is 0.257 e. The Kier molecular flexibility index (Phi) is 5.18. The lowest BCUT2D eigenvalue weighted by Crippen LogP contribution is -2.27. The highest BCUT2D eigenvalue weighted by molar-refractivity contribution is 6.33. The Morgan fingerprint density at radius 3 is 2.81 bits per heavy atom. The van der Waals surface area contributed by atoms with Crippen LogP contribution in [0.1, 0.15) is 27.6 Å². The third kappa shape index (κ3) is 3.83. The average molecular weight is 373 g/mol. The van der Waals surface area contributed by atoms with Crippen molar-refractivity contribution in [1.29, 1.82) is 0 Å². The van der Waals surface area contributed by atoms with Crippen LogP contribution < -0.4 is 10.9 Å². The Bertz CT molecular complexity index is 1010. The lowest BCUT2D eigenvalue weighted by Gasteiger charge is -2.07. The lowest BCUT2D eigenvalue weighted by molar-refractivity contribution is 0.0953. The molecule has 0 saturated heterocycles. The van der Waals surface area contributed by atoms with Gasteiger partial charge in [-0.25, -0.2) is 4.98 Å². The standard InChI is InChI=1S/C18H17ClN4O3/c1-10-9-15(24)22-14(21-10)7-8-20-18(25)16-11(2)26-23-17(16)12-5-3-4-6-13(12)19/h3-6,9H,7-8H2,1-2H3,(H,20,25)(H,21,22,24). The van der Waals surface area contributed by atoms with Gasteiger partial charge in [-0.05, 0) is 19.9 Å². The fourth-order valence-electron chi connectivity index (χ4n) is 2.62. The molecule has 26 heavy (non-hydrogen) atoms. The summed E-state index contributed by atoms with van der Waals surface area (Å²) < 4.78 is 5.19. The minimum Gasteiger partial charge on any atom is -0.360 e. The summed E-state index contributed by atoms with van der Waals surface area (Å²) in [4.78, 5) is 30.9. The van der Waals surface area contributed by atoms with E-state index in [1.807, 2.05) is 6.07 Å². The smallest absolute Gasteiger partial charge is 0.257 e. The number of H-pyrrole nitrogens is 1. The zero-order chi connectivity index (χ0) is 18.7. The molecule has 7 nitrogen and oxygen atoms in total. The van der Waals surface area contributed by atoms with Gasteiger partial charge in [0.05, 0.1) is 5.02 Å². The van der Waals surface area contributed by atoms with Crippen molar-refractivity contribution in [2.75, 3.05) is 6.54 Å². The van der Waals surface area contributed by atoms with Gasteiger partial charge in [0.1, 0.15) is 22.8 Å². The number of aryl methyl sites for hydroxylation is 2. The van der Waals surface area contributed by atoms with Crippen LogP contribution in [0.15, 0.2) is 39.6 Å². The number of hydrogen-bond donors (Lipinski definition) is 2. The molecule has 0 aliphatic heterocycles. The zero-order valence-corrected chi connectivity index (χ0v) is 15.1. The third-order valence-electron chi connectivity index (χ3n) is 3.78. The van der Waals surface area contributed by atoms with E-state index in [2.05, 4.69) is 20.4 Å². The predicted molar refractivity (Wildman–Crippen MR) is 97.3 cm³/mol. The molecule has 2 heterocycles. The number of benzene rings is 1. The van der Waals surface area contributed by atoms with Gasteiger partial charge in [-0.3, -0.25) is 9.59 Å². The second-order valence-corrected chi connectivity index (χ2v) is 6.19. The normalized spacial score (nSPS) is 10.7. The molecule has 0 fully saturated rings. The monoisotopic (exact) mass is 372 g/mol. The van der Waals surface area contributed by atoms with E-state index in [0.29, 0.717) is 52.1 Å². The van der Waals surface area contributed by atoms with Gasteiger partial charge < -0.3 is 14.8 Å². The summed E-state index contributed by atoms with van der Waals surface area (Å²) in [6.45, 7) is 3.72. The molecule has 0 aliphatic carbocycles. The van der Waals surface area contributed by atoms with Crippen LogP contribution in [0.2, 0.25) is 5.02 Å². The summed E-state index contributed by atoms with van der Waals surface area (Å²) in [7, 11) is 0. The molecule has 0 saturated carbocycles. The van der Waals surface area contributed by atoms with E-state index >= 15 is 0 Å². The number of halogens is 1. The molecule has 2 aromatic heterocycles. The van der Waals surface area contributed by atoms with Crippen LogP contribution in [0.4, 0.5) is 0 Å². The minimum absolute atomic E-state index is 0.213. The van der Waals surface area contributed by atoms with E-state index in [-0.39, 0.29) is 11.5 Å². The zero-order valence-electron chi connectivity index (χ0n) is 14.3. The van der Waals surface area contributed by atoms with Gasteiger partial charge in [0, 0.05) is 30.3 Å². The largest absolute Gasteiger partial charge is 0.360 e. The van der Waals surface area contributed by atoms with E-state index in [4.69, 9.17) is 16.1 Å². The summed E-state index contributed by atoms with van der Waals surface area (Å²) in [5.41, 5.74) is 1.78. The summed E-state index contributed by atoms with van der Waals surface area (Å²) in [5, 5.41) is 7.26. The Balaban J connectivity index is 1.75. The quantitative estimate of drug-likeness (QED) is 0.717. The van der Waals surface area contributed by atoms with Gasteiger partial charge in [-0.1, -0.05) is 35.0 Å². The van der Waals surface area contributed by atoms with Crippen LogP contribution in [-0.4, -0.2) is 27.6 Å². The van der Waals surface area contributed by atoms with Gasteiger partial charge in [0.25, 0.3) is 11.5 Å². The van der Waals surface area contributed by atoms with Gasteiger partial charge in [0.15, 0.2) is 0 Å². The molecule has 0 aliphatic rings. The SMILES string of the molecule is Cc1cc(=O)[nH]c(CCNC(=O)c2c(-c3ccccc3Cl)noc2C)n1. The predicted octanol–water partition coefficient (Wildman–Crippen LogP) is 2.67. The Morgan fingerprint density at radius 1 is 1.31 bits per heavy atom. The van der Waals surface area contributed by atoms with Crippen LogP contribution in [-0.2, 0) is 6.42 Å². The number of carbonyl (C=O) groups is 1. The highest BCUT2D eigenvalue weighted by atomic mass is 35.5. The fraction of sp³-hybridized carbons (Fsp3) is 0.222. The second kappa shape index (κ2) is 7.53. The highest BCUT2D eigenvalue weighted by Gasteiger charge is 2.22. The van der Waals surface area contributed by atoms with Crippen molar-refractivity contribution < 1.29 is 9.32 Å². The maximum absolute atomic E-state index is 12.6. The first-order valence-corrected chi connectivity index (χ1v) is 8.39. The van der Waals surface area contributed by atoms with Crippen LogP contribution in [0.3, 0.4) is 0 Å². The molecule has 0 spiro atoms. The number of hydrogen-bond acceptors (Lipinski definition) is 5. The number of aromatic amines is 1. The van der Waals surface area contributed by atoms with E-state index < -0.39 is 0 Å². The molecule has 3 rings (SSSR count). The van der Waals surface area contributed by atoms with Crippen molar-refractivity contribution in [3.05, 3.63) is 68.6 Å². The van der Waals surface area contributed by atoms with Crippen LogP contribution in [0.25, 0.3) is 11.3 Å². The summed E-state index contributed by atoms with van der Waals surface area (Å²) in [6, 6.07) is 8.53. The molecule has 0 unspecified atom stereocenters. The number of aromatic nitrogens is 3. The van der Waals surface area contributed by atoms with Crippen molar-refractivity contribution >= 4 is 17.5 Å². The molecule has 0 radical (unpaired) electrons. The van der Waals surface area contributed by atoms with Gasteiger partial charge >= 0.3 is 0 Å². The van der Waals surface area contributed by atoms with E-state index in [1.165, 1.54) is 6.07 Å². The van der Waals surface area contributed by atoms with Crippen molar-refractivity contribution in [1.82, 2.24) is 20.4 Å². The Hall–Kier alpha value is -2.93. The van der Waals surface area contributed by atoms with Crippen molar-refractivity contribution in [2.24, 2.45) is 0 Å². The minimum atomic E-state index is -0.325. The number of nitrogens with one attached hydrogen (secondary N) is 2. The van der Waals surface area contributed by atoms with Crippen LogP contribution >= 0.6 is 11.6 Å². The lowest BCUT2D eigenvalue weighted by atomic mass is 10.1. The Labute approximate surface area is 154 Å². The molecule has 1 aromatic carbocycles. The molecule has 3 aromatic rings. The van der Waals surface area contributed by atoms with E-state index in [9.17, 15) is 9.59 Å². The maximum atomic E-state index is 12.6. The topological polar surface area (TPSA) is 101 Å². The van der Waals surface area contributed by atoms with Gasteiger partial charge in [-0.2, -0.15) is 0 Å². The van der Waals surface area contributed by atoms with Crippen molar-refractivity contribution in [3.63, 3.8) is 0 Å². The number of carbonyl (C=O) groups excluding carboxylic acids is 1. The van der Waals surface area contributed by atoms with E-state index in [1.54, 1.807) is 32.0 Å². The number of nitrogens with zero attached hydrogens (tertiary/aromatic N) is 2. The van der Waals surface area contributed by atoms with Crippen LogP contribution in [0.5, 0.6) is 0 Å². The molecule has 134 valence electrons. The first-order valence-electron chi connectivity index (χ1n) is 8.02. The fourth-order valence-corrected chi connectivity index (χ4v) is 2.84. The number of rotatable bonds is 5. The van der Waals surface area contributed by atoms with Crippen molar-refractivity contribution in [3.8, 4) is 11.3 Å². The van der Waals surface area contributed by atoms with Gasteiger partial charge in [0.2, 0.25) is 0 Å². The molecule has 8 heteroatoms. The molecule has 1 amide bonds. The molecular weight excluding hydrogens is 356 g/mol. The average Bonchev–Trinajstić information content (AvgIpc) is 2.96. The second-order valence-electron chi connectivity index (χ2n) is 5.78. The molecule has 0 atom stereocenters. The van der Waals surface area contributed by atoms with E-state index in [0.717, 1.165) is 0 Å². The number of amides is 1. The summed E-state index contributed by atoms with van der Waals surface area (Å²) in [6.07, 6.45) is 0.397. The Morgan fingerprint density at radius 2 is 2.08 bits per heavy atom. The molecule has 2 N–H and O–H groups in total. The summed E-state index contributed by atoms with van der Waals surface area (Å²) >= 11 is 6.20. The summed E-state index contributed by atoms with van der Waals surface area (Å²) in [5.74, 6) is 0.594. The third-order valence-corrected chi connectivity index (χ3v) is 4.11. The highest BCUT2D eigenvalue weighted by Crippen LogP contribution is 2.30. The van der Waals surface area contributed by atoms with Gasteiger partial charge in [-0.15, -0.1) is 0 Å². The first kappa shape index (κ1) is 17.9. The molecular formula is C18H17ClN4O3. The van der Waals surface area contributed by atoms with Crippen molar-refractivity contribution in [2.45, 2.75) is 20.3 Å². The first-order chi connectivity index (χ1) is 12.5. The molecule has 0 bridgehead atoms.